The molecule has 2 heteroatoms. The van der Waals surface area contributed by atoms with Crippen LogP contribution in [0, 0.1) is 11.8 Å². The van der Waals surface area contributed by atoms with E-state index in [4.69, 9.17) is 4.74 Å². The molecule has 78 valence electrons. The van der Waals surface area contributed by atoms with E-state index >= 15 is 0 Å². The van der Waals surface area contributed by atoms with Gasteiger partial charge in [-0.25, -0.2) is 0 Å². The van der Waals surface area contributed by atoms with Crippen molar-refractivity contribution in [2.24, 2.45) is 0 Å². The SMILES string of the molecule is C(#Cc1cccnc1)COc1ccccc1. The topological polar surface area (TPSA) is 22.1 Å². The Morgan fingerprint density at radius 3 is 2.69 bits per heavy atom. The van der Waals surface area contributed by atoms with Gasteiger partial charge in [-0.2, -0.15) is 0 Å². The Kier molecular flexibility index (Phi) is 3.57. The van der Waals surface area contributed by atoms with Crippen LogP contribution in [-0.4, -0.2) is 11.6 Å². The number of aromatic nitrogens is 1. The molecule has 0 unspecified atom stereocenters. The molecule has 0 amide bonds. The Morgan fingerprint density at radius 1 is 1.06 bits per heavy atom. The molecular weight excluding hydrogens is 198 g/mol. The van der Waals surface area contributed by atoms with E-state index in [0.717, 1.165) is 11.3 Å². The van der Waals surface area contributed by atoms with Crippen LogP contribution in [-0.2, 0) is 0 Å². The molecule has 0 N–H and O–H groups in total. The van der Waals surface area contributed by atoms with E-state index in [1.165, 1.54) is 0 Å². The molecule has 0 atom stereocenters. The first-order valence-electron chi connectivity index (χ1n) is 5.02. The first kappa shape index (κ1) is 10.3. The zero-order valence-electron chi connectivity index (χ0n) is 8.76. The molecule has 1 aromatic heterocycles. The second-order valence-corrected chi connectivity index (χ2v) is 3.15. The quantitative estimate of drug-likeness (QED) is 0.709. The number of pyridine rings is 1. The minimum Gasteiger partial charge on any atom is -0.481 e. The molecule has 2 nitrogen and oxygen atoms in total. The lowest BCUT2D eigenvalue weighted by molar-refractivity contribution is 0.370. The van der Waals surface area contributed by atoms with Crippen LogP contribution >= 0.6 is 0 Å². The standard InChI is InChI=1S/C14H11NO/c1-2-8-14(9-3-1)16-11-5-7-13-6-4-10-15-12-13/h1-4,6,8-10,12H,11H2. The number of hydrogen-bond acceptors (Lipinski definition) is 2. The molecule has 2 rings (SSSR count). The maximum absolute atomic E-state index is 5.43. The number of benzene rings is 1. The summed E-state index contributed by atoms with van der Waals surface area (Å²) < 4.78 is 5.43. The second-order valence-electron chi connectivity index (χ2n) is 3.15. The van der Waals surface area contributed by atoms with Crippen LogP contribution in [0.4, 0.5) is 0 Å². The van der Waals surface area contributed by atoms with Gasteiger partial charge < -0.3 is 4.74 Å². The van der Waals surface area contributed by atoms with Crippen LogP contribution in [0.15, 0.2) is 54.9 Å². The van der Waals surface area contributed by atoms with Crippen molar-refractivity contribution in [2.75, 3.05) is 6.61 Å². The highest BCUT2D eigenvalue weighted by molar-refractivity contribution is 5.31. The molecule has 0 saturated carbocycles. The van der Waals surface area contributed by atoms with Gasteiger partial charge in [0.1, 0.15) is 12.4 Å². The summed E-state index contributed by atoms with van der Waals surface area (Å²) in [4.78, 5) is 3.98. The normalized spacial score (nSPS) is 9.00. The van der Waals surface area contributed by atoms with Crippen LogP contribution in [0.3, 0.4) is 0 Å². The summed E-state index contributed by atoms with van der Waals surface area (Å²) in [6.07, 6.45) is 3.46. The van der Waals surface area contributed by atoms with Crippen molar-refractivity contribution in [2.45, 2.75) is 0 Å². The van der Waals surface area contributed by atoms with Crippen molar-refractivity contribution in [3.63, 3.8) is 0 Å². The second kappa shape index (κ2) is 5.57. The molecule has 0 saturated heterocycles. The van der Waals surface area contributed by atoms with E-state index in [2.05, 4.69) is 16.8 Å². The fraction of sp³-hybridized carbons (Fsp3) is 0.0714. The van der Waals surface area contributed by atoms with Crippen molar-refractivity contribution in [1.29, 1.82) is 0 Å². The summed E-state index contributed by atoms with van der Waals surface area (Å²) in [5.41, 5.74) is 0.902. The first-order chi connectivity index (χ1) is 7.95. The minimum absolute atomic E-state index is 0.388. The van der Waals surface area contributed by atoms with Crippen LogP contribution in [0.2, 0.25) is 0 Å². The van der Waals surface area contributed by atoms with Gasteiger partial charge in [-0.05, 0) is 24.3 Å². The number of rotatable bonds is 2. The third kappa shape index (κ3) is 3.14. The largest absolute Gasteiger partial charge is 0.481 e. The molecule has 2 aromatic rings. The molecule has 0 aliphatic rings. The molecule has 0 aliphatic carbocycles. The predicted octanol–water partition coefficient (Wildman–Crippen LogP) is 2.51. The van der Waals surface area contributed by atoms with E-state index in [9.17, 15) is 0 Å². The number of para-hydroxylation sites is 1. The zero-order chi connectivity index (χ0) is 11.1. The molecule has 0 bridgehead atoms. The van der Waals surface area contributed by atoms with Crippen molar-refractivity contribution in [3.05, 3.63) is 60.4 Å². The van der Waals surface area contributed by atoms with Crippen LogP contribution in [0.25, 0.3) is 0 Å². The molecule has 1 heterocycles. The lowest BCUT2D eigenvalue weighted by Gasteiger charge is -1.99. The van der Waals surface area contributed by atoms with Gasteiger partial charge in [0.15, 0.2) is 0 Å². The summed E-state index contributed by atoms with van der Waals surface area (Å²) in [5, 5.41) is 0. The van der Waals surface area contributed by atoms with E-state index < -0.39 is 0 Å². The Labute approximate surface area is 94.9 Å². The monoisotopic (exact) mass is 209 g/mol. The van der Waals surface area contributed by atoms with E-state index in [0.29, 0.717) is 6.61 Å². The Bertz CT molecular complexity index is 482. The Morgan fingerprint density at radius 2 is 1.94 bits per heavy atom. The lowest BCUT2D eigenvalue weighted by atomic mass is 10.3. The minimum atomic E-state index is 0.388. The fourth-order valence-electron chi connectivity index (χ4n) is 1.21. The van der Waals surface area contributed by atoms with Crippen molar-refractivity contribution in [1.82, 2.24) is 4.98 Å². The van der Waals surface area contributed by atoms with Gasteiger partial charge >= 0.3 is 0 Å². The van der Waals surface area contributed by atoms with Crippen LogP contribution in [0.5, 0.6) is 5.75 Å². The average molecular weight is 209 g/mol. The number of nitrogens with zero attached hydrogens (tertiary/aromatic N) is 1. The molecule has 1 aromatic carbocycles. The Balaban J connectivity index is 1.87. The van der Waals surface area contributed by atoms with Gasteiger partial charge in [0.2, 0.25) is 0 Å². The summed E-state index contributed by atoms with van der Waals surface area (Å²) in [5.74, 6) is 6.75. The number of ether oxygens (including phenoxy) is 1. The van der Waals surface area contributed by atoms with Crippen molar-refractivity contribution < 1.29 is 4.74 Å². The highest BCUT2D eigenvalue weighted by Crippen LogP contribution is 2.07. The highest BCUT2D eigenvalue weighted by Gasteiger charge is 1.87. The molecule has 0 fully saturated rings. The van der Waals surface area contributed by atoms with Crippen molar-refractivity contribution in [3.8, 4) is 17.6 Å². The third-order valence-electron chi connectivity index (χ3n) is 1.95. The van der Waals surface area contributed by atoms with E-state index in [1.54, 1.807) is 12.4 Å². The maximum atomic E-state index is 5.43. The summed E-state index contributed by atoms with van der Waals surface area (Å²) in [6.45, 7) is 0.388. The summed E-state index contributed by atoms with van der Waals surface area (Å²) in [6, 6.07) is 13.4. The van der Waals surface area contributed by atoms with E-state index in [1.807, 2.05) is 42.5 Å². The highest BCUT2D eigenvalue weighted by atomic mass is 16.5. The van der Waals surface area contributed by atoms with Gasteiger partial charge in [-0.15, -0.1) is 0 Å². The molecule has 0 aliphatic heterocycles. The van der Waals surface area contributed by atoms with Gasteiger partial charge in [0.05, 0.1) is 0 Å². The predicted molar refractivity (Wildman–Crippen MR) is 63.1 cm³/mol. The molecule has 0 spiro atoms. The van der Waals surface area contributed by atoms with Crippen LogP contribution < -0.4 is 4.74 Å². The van der Waals surface area contributed by atoms with Gasteiger partial charge in [0.25, 0.3) is 0 Å². The lowest BCUT2D eigenvalue weighted by Crippen LogP contribution is -1.93. The Hall–Kier alpha value is -2.27. The van der Waals surface area contributed by atoms with Gasteiger partial charge in [0, 0.05) is 18.0 Å². The van der Waals surface area contributed by atoms with E-state index in [-0.39, 0.29) is 0 Å². The summed E-state index contributed by atoms with van der Waals surface area (Å²) >= 11 is 0. The van der Waals surface area contributed by atoms with Crippen molar-refractivity contribution >= 4 is 0 Å². The van der Waals surface area contributed by atoms with Crippen LogP contribution in [0.1, 0.15) is 5.56 Å². The summed E-state index contributed by atoms with van der Waals surface area (Å²) in [7, 11) is 0. The zero-order valence-corrected chi connectivity index (χ0v) is 8.76. The molecule has 0 radical (unpaired) electrons. The average Bonchev–Trinajstić information content (AvgIpc) is 2.37. The fourth-order valence-corrected chi connectivity index (χ4v) is 1.21. The molecular formula is C14H11NO. The smallest absolute Gasteiger partial charge is 0.149 e. The molecule has 16 heavy (non-hydrogen) atoms. The maximum Gasteiger partial charge on any atom is 0.149 e. The number of hydrogen-bond donors (Lipinski definition) is 0. The first-order valence-corrected chi connectivity index (χ1v) is 5.02. The van der Waals surface area contributed by atoms with Gasteiger partial charge in [-0.3, -0.25) is 4.98 Å². The van der Waals surface area contributed by atoms with Gasteiger partial charge in [-0.1, -0.05) is 30.0 Å². The third-order valence-corrected chi connectivity index (χ3v) is 1.95.